The van der Waals surface area contributed by atoms with Crippen LogP contribution in [0.25, 0.3) is 0 Å². The number of benzene rings is 1. The van der Waals surface area contributed by atoms with Crippen LogP contribution >= 0.6 is 0 Å². The topological polar surface area (TPSA) is 89.6 Å². The number of rotatable bonds is 3. The van der Waals surface area contributed by atoms with E-state index in [-0.39, 0.29) is 23.0 Å². The molecule has 1 amide bonds. The van der Waals surface area contributed by atoms with Crippen molar-refractivity contribution in [2.75, 3.05) is 11.9 Å². The monoisotopic (exact) mass is 356 g/mol. The van der Waals surface area contributed by atoms with Crippen molar-refractivity contribution in [2.45, 2.75) is 12.0 Å². The number of amides is 1. The first-order valence-corrected chi connectivity index (χ1v) is 8.17. The second kappa shape index (κ2) is 4.78. The van der Waals surface area contributed by atoms with E-state index < -0.39 is 23.1 Å². The van der Waals surface area contributed by atoms with Crippen LogP contribution < -0.4 is 11.1 Å². The van der Waals surface area contributed by atoms with Crippen LogP contribution in [0.4, 0.5) is 14.5 Å². The Balaban J connectivity index is 1.46. The number of anilines is 1. The third-order valence-corrected chi connectivity index (χ3v) is 5.61. The highest BCUT2D eigenvalue weighted by atomic mass is 19.1. The Morgan fingerprint density at radius 2 is 2.15 bits per heavy atom. The predicted octanol–water partition coefficient (Wildman–Crippen LogP) is 2.17. The molecule has 3 N–H and O–H groups in total. The van der Waals surface area contributed by atoms with E-state index in [4.69, 9.17) is 10.5 Å². The van der Waals surface area contributed by atoms with Gasteiger partial charge in [-0.05, 0) is 36.8 Å². The summed E-state index contributed by atoms with van der Waals surface area (Å²) in [5.41, 5.74) is 5.73. The molecule has 5 rings (SSSR count). The van der Waals surface area contributed by atoms with E-state index >= 15 is 0 Å². The van der Waals surface area contributed by atoms with Gasteiger partial charge in [0.15, 0.2) is 0 Å². The van der Waals surface area contributed by atoms with Gasteiger partial charge < -0.3 is 15.8 Å². The summed E-state index contributed by atoms with van der Waals surface area (Å²) in [7, 11) is 0. The average Bonchev–Trinajstić information content (AvgIpc) is 3.48. The smallest absolute Gasteiger partial charge is 0.282 e. The van der Waals surface area contributed by atoms with Crippen molar-refractivity contribution in [3.63, 3.8) is 0 Å². The van der Waals surface area contributed by atoms with E-state index in [0.29, 0.717) is 17.9 Å². The summed E-state index contributed by atoms with van der Waals surface area (Å²) in [5, 5.41) is 2.66. The zero-order valence-corrected chi connectivity index (χ0v) is 13.5. The van der Waals surface area contributed by atoms with E-state index in [1.54, 1.807) is 6.07 Å². The Hall–Kier alpha value is -3.03. The van der Waals surface area contributed by atoms with Crippen molar-refractivity contribution >= 4 is 17.6 Å². The summed E-state index contributed by atoms with van der Waals surface area (Å²) in [4.78, 5) is 20.4. The van der Waals surface area contributed by atoms with Gasteiger partial charge in [-0.15, -0.1) is 0 Å². The highest BCUT2D eigenvalue weighted by Crippen LogP contribution is 2.89. The van der Waals surface area contributed by atoms with Gasteiger partial charge >= 0.3 is 0 Å². The van der Waals surface area contributed by atoms with Crippen LogP contribution in [0.3, 0.4) is 0 Å². The minimum absolute atomic E-state index is 0.0622. The molecule has 2 fully saturated rings. The number of ether oxygens (including phenoxy) is 1. The molecule has 26 heavy (non-hydrogen) atoms. The average molecular weight is 356 g/mol. The van der Waals surface area contributed by atoms with E-state index in [2.05, 4.69) is 15.3 Å². The van der Waals surface area contributed by atoms with E-state index in [1.807, 2.05) is 0 Å². The van der Waals surface area contributed by atoms with Crippen LogP contribution in [0.1, 0.15) is 22.5 Å². The summed E-state index contributed by atoms with van der Waals surface area (Å²) in [6, 6.07) is 6.83. The van der Waals surface area contributed by atoms with Crippen LogP contribution in [-0.4, -0.2) is 23.5 Å². The number of fused-ring (bicyclic) bond motifs is 1. The van der Waals surface area contributed by atoms with E-state index in [0.717, 1.165) is 18.7 Å². The number of carbonyl (C=O) groups is 1. The molecule has 2 saturated carbocycles. The summed E-state index contributed by atoms with van der Waals surface area (Å²) >= 11 is 0. The number of hydrogen-bond acceptors (Lipinski definition) is 5. The quantitative estimate of drug-likeness (QED) is 0.882. The second-order valence-corrected chi connectivity index (χ2v) is 6.93. The first-order chi connectivity index (χ1) is 12.5. The standard InChI is InChI=1S/C18H14F2N4O2/c19-9-1-4-13(22-7-9)15(25)23-10-2-3-12(20)11(5-10)18-14-6-17(14,18)8-26-16(21)24-18/h1-5,7,14H,6,8H2,(H2,21,24)(H,23,25)/t14?,17?,18-/m0/s1. The van der Waals surface area contributed by atoms with Crippen molar-refractivity contribution < 1.29 is 18.3 Å². The Kier molecular flexibility index (Phi) is 2.80. The maximum atomic E-state index is 14.5. The second-order valence-electron chi connectivity index (χ2n) is 6.93. The molecule has 1 aromatic heterocycles. The number of nitrogens with one attached hydrogen (secondary N) is 1. The van der Waals surface area contributed by atoms with Gasteiger partial charge in [-0.3, -0.25) is 4.79 Å². The molecular formula is C18H14F2N4O2. The van der Waals surface area contributed by atoms with Crippen LogP contribution in [0.5, 0.6) is 0 Å². The van der Waals surface area contributed by atoms with Crippen LogP contribution in [0, 0.1) is 23.0 Å². The van der Waals surface area contributed by atoms with Gasteiger partial charge in [0.05, 0.1) is 6.20 Å². The lowest BCUT2D eigenvalue weighted by molar-refractivity contribution is 0.102. The minimum Gasteiger partial charge on any atom is -0.465 e. The van der Waals surface area contributed by atoms with Gasteiger partial charge in [0, 0.05) is 22.6 Å². The van der Waals surface area contributed by atoms with Gasteiger partial charge in [-0.2, -0.15) is 0 Å². The Bertz CT molecular complexity index is 978. The van der Waals surface area contributed by atoms with Crippen LogP contribution in [-0.2, 0) is 10.3 Å². The first kappa shape index (κ1) is 15.2. The van der Waals surface area contributed by atoms with Crippen molar-refractivity contribution in [3.8, 4) is 0 Å². The lowest BCUT2D eigenvalue weighted by Crippen LogP contribution is -2.35. The summed E-state index contributed by atoms with van der Waals surface area (Å²) in [6.45, 7) is 0.433. The first-order valence-electron chi connectivity index (χ1n) is 8.17. The maximum absolute atomic E-state index is 14.5. The molecule has 2 heterocycles. The highest BCUT2D eigenvalue weighted by Gasteiger charge is 2.92. The molecule has 3 aliphatic rings. The molecule has 2 aliphatic carbocycles. The van der Waals surface area contributed by atoms with Crippen LogP contribution in [0.15, 0.2) is 41.5 Å². The number of nitrogens with two attached hydrogens (primary N) is 1. The molecule has 6 nitrogen and oxygen atoms in total. The number of halogens is 2. The summed E-state index contributed by atoms with van der Waals surface area (Å²) in [6.07, 6.45) is 1.89. The number of carbonyl (C=O) groups excluding carboxylic acids is 1. The Labute approximate surface area is 147 Å². The lowest BCUT2D eigenvalue weighted by Gasteiger charge is -2.29. The Morgan fingerprint density at radius 1 is 1.31 bits per heavy atom. The maximum Gasteiger partial charge on any atom is 0.282 e. The van der Waals surface area contributed by atoms with E-state index in [9.17, 15) is 13.6 Å². The molecule has 132 valence electrons. The largest absolute Gasteiger partial charge is 0.465 e. The highest BCUT2D eigenvalue weighted by molar-refractivity contribution is 6.02. The molecule has 1 spiro atoms. The molecule has 0 bridgehead atoms. The lowest BCUT2D eigenvalue weighted by atomic mass is 9.88. The Morgan fingerprint density at radius 3 is 2.88 bits per heavy atom. The van der Waals surface area contributed by atoms with Gasteiger partial charge in [-0.1, -0.05) is 0 Å². The van der Waals surface area contributed by atoms with Crippen LogP contribution in [0.2, 0.25) is 0 Å². The minimum atomic E-state index is -0.686. The fourth-order valence-electron chi connectivity index (χ4n) is 4.13. The number of aromatic nitrogens is 1. The number of amidine groups is 1. The zero-order valence-electron chi connectivity index (χ0n) is 13.5. The predicted molar refractivity (Wildman–Crippen MR) is 88.3 cm³/mol. The third kappa shape index (κ3) is 1.86. The molecular weight excluding hydrogens is 342 g/mol. The van der Waals surface area contributed by atoms with Gasteiger partial charge in [0.2, 0.25) is 0 Å². The number of pyridine rings is 1. The van der Waals surface area contributed by atoms with Crippen molar-refractivity contribution in [1.29, 1.82) is 0 Å². The third-order valence-electron chi connectivity index (χ3n) is 5.61. The van der Waals surface area contributed by atoms with Crippen molar-refractivity contribution in [1.82, 2.24) is 4.98 Å². The SMILES string of the molecule is NC1=N[C@@]2(c3cc(NC(=O)c4ccc(F)cn4)ccc3F)C3CC32CO1. The summed E-state index contributed by atoms with van der Waals surface area (Å²) < 4.78 is 32.8. The van der Waals surface area contributed by atoms with Gasteiger partial charge in [-0.25, -0.2) is 18.8 Å². The molecule has 0 saturated heterocycles. The van der Waals surface area contributed by atoms with Gasteiger partial charge in [0.25, 0.3) is 11.9 Å². The van der Waals surface area contributed by atoms with Gasteiger partial charge in [0.1, 0.15) is 29.5 Å². The molecule has 2 unspecified atom stereocenters. The molecule has 8 heteroatoms. The molecule has 2 aromatic rings. The van der Waals surface area contributed by atoms with E-state index in [1.165, 1.54) is 18.2 Å². The normalized spacial score (nSPS) is 30.4. The zero-order chi connectivity index (χ0) is 18.1. The fourth-order valence-corrected chi connectivity index (χ4v) is 4.13. The fraction of sp³-hybridized carbons (Fsp3) is 0.278. The van der Waals surface area contributed by atoms with Crippen molar-refractivity contribution in [2.24, 2.45) is 22.1 Å². The van der Waals surface area contributed by atoms with Crippen molar-refractivity contribution in [3.05, 3.63) is 59.4 Å². The number of nitrogens with zero attached hydrogens (tertiary/aromatic N) is 2. The molecule has 0 radical (unpaired) electrons. The number of aliphatic imine (C=N–C) groups is 1. The molecule has 3 atom stereocenters. The molecule has 1 aliphatic heterocycles. The number of hydrogen-bond donors (Lipinski definition) is 2. The summed E-state index contributed by atoms with van der Waals surface area (Å²) in [5.74, 6) is -1.22. The molecule has 1 aromatic carbocycles.